The lowest BCUT2D eigenvalue weighted by Gasteiger charge is -2.17. The molecule has 3 N–H and O–H groups in total. The Labute approximate surface area is 86.2 Å². The number of nitrogens with one attached hydrogen (secondary N) is 1. The van der Waals surface area contributed by atoms with Gasteiger partial charge in [-0.2, -0.15) is 0 Å². The summed E-state index contributed by atoms with van der Waals surface area (Å²) in [6.45, 7) is 5.76. The number of carbonyl (C=O) groups is 1. The van der Waals surface area contributed by atoms with Gasteiger partial charge in [-0.3, -0.25) is 4.79 Å². The Kier molecular flexibility index (Phi) is 7.42. The van der Waals surface area contributed by atoms with Gasteiger partial charge in [-0.05, 0) is 12.3 Å². The quantitative estimate of drug-likeness (QED) is 0.586. The van der Waals surface area contributed by atoms with Crippen LogP contribution in [0.2, 0.25) is 0 Å². The van der Waals surface area contributed by atoms with Gasteiger partial charge in [0.25, 0.3) is 0 Å². The Morgan fingerprint density at radius 2 is 2.14 bits per heavy atom. The smallest absolute Gasteiger partial charge is 0.224 e. The van der Waals surface area contributed by atoms with Crippen LogP contribution in [0.5, 0.6) is 0 Å². The normalized spacial score (nSPS) is 12.9. The summed E-state index contributed by atoms with van der Waals surface area (Å²) in [5.74, 6) is 0.276. The van der Waals surface area contributed by atoms with Crippen LogP contribution in [0.4, 0.5) is 0 Å². The van der Waals surface area contributed by atoms with Crippen molar-refractivity contribution in [1.82, 2.24) is 5.32 Å². The minimum atomic E-state index is -0.0717. The highest BCUT2D eigenvalue weighted by Gasteiger charge is 2.19. The van der Waals surface area contributed by atoms with Gasteiger partial charge in [0.15, 0.2) is 0 Å². The molecule has 0 aromatic rings. The molecule has 1 amide bonds. The van der Waals surface area contributed by atoms with Crippen LogP contribution in [0.25, 0.3) is 0 Å². The molecule has 0 aliphatic carbocycles. The van der Waals surface area contributed by atoms with Crippen molar-refractivity contribution in [2.45, 2.75) is 20.3 Å². The summed E-state index contributed by atoms with van der Waals surface area (Å²) < 4.78 is 4.88. The lowest BCUT2D eigenvalue weighted by Crippen LogP contribution is -2.38. The third kappa shape index (κ3) is 5.19. The van der Waals surface area contributed by atoms with E-state index in [0.29, 0.717) is 25.6 Å². The predicted molar refractivity (Wildman–Crippen MR) is 56.9 cm³/mol. The van der Waals surface area contributed by atoms with Crippen molar-refractivity contribution in [3.05, 3.63) is 0 Å². The Morgan fingerprint density at radius 1 is 1.50 bits per heavy atom. The highest BCUT2D eigenvalue weighted by molar-refractivity contribution is 5.79. The first kappa shape index (κ1) is 13.4. The van der Waals surface area contributed by atoms with Crippen LogP contribution in [-0.4, -0.2) is 32.7 Å². The second-order valence-corrected chi connectivity index (χ2v) is 3.72. The molecule has 0 rings (SSSR count). The van der Waals surface area contributed by atoms with Gasteiger partial charge in [0.1, 0.15) is 0 Å². The zero-order chi connectivity index (χ0) is 11.0. The van der Waals surface area contributed by atoms with Crippen LogP contribution in [0, 0.1) is 11.8 Å². The molecule has 0 saturated heterocycles. The molecule has 0 saturated carbocycles. The standard InChI is InChI=1S/C10H22N2O2/c1-8(2)9(7-11)10(13)12-5-4-6-14-3/h8-9H,4-7,11H2,1-3H3,(H,12,13). The van der Waals surface area contributed by atoms with Gasteiger partial charge in [-0.15, -0.1) is 0 Å². The van der Waals surface area contributed by atoms with Crippen molar-refractivity contribution >= 4 is 5.91 Å². The number of hydrogen-bond donors (Lipinski definition) is 2. The molecule has 0 spiro atoms. The average molecular weight is 202 g/mol. The fraction of sp³-hybridized carbons (Fsp3) is 0.900. The van der Waals surface area contributed by atoms with Crippen LogP contribution in [-0.2, 0) is 9.53 Å². The van der Waals surface area contributed by atoms with E-state index in [9.17, 15) is 4.79 Å². The van der Waals surface area contributed by atoms with E-state index in [-0.39, 0.29) is 11.8 Å². The number of rotatable bonds is 7. The summed E-state index contributed by atoms with van der Waals surface area (Å²) in [5.41, 5.74) is 5.52. The number of nitrogens with two attached hydrogens (primary N) is 1. The maximum Gasteiger partial charge on any atom is 0.224 e. The zero-order valence-electron chi connectivity index (χ0n) is 9.38. The largest absolute Gasteiger partial charge is 0.385 e. The summed E-state index contributed by atoms with van der Waals surface area (Å²) in [7, 11) is 1.65. The Balaban J connectivity index is 3.70. The zero-order valence-corrected chi connectivity index (χ0v) is 9.38. The Bertz CT molecular complexity index is 160. The number of methoxy groups -OCH3 is 1. The molecule has 0 aliphatic heterocycles. The van der Waals surface area contributed by atoms with E-state index >= 15 is 0 Å². The van der Waals surface area contributed by atoms with Gasteiger partial charge in [-0.25, -0.2) is 0 Å². The van der Waals surface area contributed by atoms with Gasteiger partial charge < -0.3 is 15.8 Å². The van der Waals surface area contributed by atoms with E-state index in [1.165, 1.54) is 0 Å². The summed E-state index contributed by atoms with van der Waals surface area (Å²) in [6.07, 6.45) is 0.845. The third-order valence-corrected chi connectivity index (χ3v) is 2.22. The molecule has 4 nitrogen and oxygen atoms in total. The second kappa shape index (κ2) is 7.76. The van der Waals surface area contributed by atoms with Crippen LogP contribution >= 0.6 is 0 Å². The van der Waals surface area contributed by atoms with Gasteiger partial charge in [0.05, 0.1) is 5.92 Å². The SMILES string of the molecule is COCCCNC(=O)C(CN)C(C)C. The van der Waals surface area contributed by atoms with Gasteiger partial charge in [-0.1, -0.05) is 13.8 Å². The van der Waals surface area contributed by atoms with Crippen LogP contribution in [0.3, 0.4) is 0 Å². The van der Waals surface area contributed by atoms with E-state index < -0.39 is 0 Å². The van der Waals surface area contributed by atoms with Gasteiger partial charge >= 0.3 is 0 Å². The molecule has 84 valence electrons. The maximum absolute atomic E-state index is 11.5. The topological polar surface area (TPSA) is 64.3 Å². The fourth-order valence-corrected chi connectivity index (χ4v) is 1.24. The summed E-state index contributed by atoms with van der Waals surface area (Å²) in [4.78, 5) is 11.5. The van der Waals surface area contributed by atoms with E-state index in [1.807, 2.05) is 13.8 Å². The number of amides is 1. The summed E-state index contributed by atoms with van der Waals surface area (Å²) in [5, 5.41) is 2.85. The maximum atomic E-state index is 11.5. The van der Waals surface area contributed by atoms with Crippen molar-refractivity contribution in [1.29, 1.82) is 0 Å². The predicted octanol–water partition coefficient (Wildman–Crippen LogP) is 0.370. The average Bonchev–Trinajstić information content (AvgIpc) is 2.13. The van der Waals surface area contributed by atoms with Crippen molar-refractivity contribution in [3.63, 3.8) is 0 Å². The summed E-state index contributed by atoms with van der Waals surface area (Å²) >= 11 is 0. The first-order valence-corrected chi connectivity index (χ1v) is 5.10. The van der Waals surface area contributed by atoms with Crippen molar-refractivity contribution in [3.8, 4) is 0 Å². The lowest BCUT2D eigenvalue weighted by atomic mass is 9.95. The van der Waals surface area contributed by atoms with E-state index in [0.717, 1.165) is 6.42 Å². The number of ether oxygens (including phenoxy) is 1. The molecule has 0 bridgehead atoms. The van der Waals surface area contributed by atoms with Crippen LogP contribution < -0.4 is 11.1 Å². The monoisotopic (exact) mass is 202 g/mol. The molecular formula is C10H22N2O2. The number of hydrogen-bond acceptors (Lipinski definition) is 3. The fourth-order valence-electron chi connectivity index (χ4n) is 1.24. The minimum absolute atomic E-state index is 0.0543. The molecule has 1 unspecified atom stereocenters. The molecule has 0 aromatic carbocycles. The van der Waals surface area contributed by atoms with Gasteiger partial charge in [0, 0.05) is 26.8 Å². The van der Waals surface area contributed by atoms with Gasteiger partial charge in [0.2, 0.25) is 5.91 Å². The highest BCUT2D eigenvalue weighted by Crippen LogP contribution is 2.08. The van der Waals surface area contributed by atoms with Crippen LogP contribution in [0.1, 0.15) is 20.3 Å². The number of carbonyl (C=O) groups excluding carboxylic acids is 1. The molecule has 14 heavy (non-hydrogen) atoms. The molecular weight excluding hydrogens is 180 g/mol. The molecule has 1 atom stereocenters. The molecule has 0 aliphatic rings. The van der Waals surface area contributed by atoms with Crippen molar-refractivity contribution in [2.24, 2.45) is 17.6 Å². The third-order valence-electron chi connectivity index (χ3n) is 2.22. The highest BCUT2D eigenvalue weighted by atomic mass is 16.5. The molecule has 0 radical (unpaired) electrons. The Hall–Kier alpha value is -0.610. The first-order chi connectivity index (χ1) is 6.63. The van der Waals surface area contributed by atoms with E-state index in [2.05, 4.69) is 5.32 Å². The lowest BCUT2D eigenvalue weighted by molar-refractivity contribution is -0.125. The van der Waals surface area contributed by atoms with E-state index in [1.54, 1.807) is 7.11 Å². The van der Waals surface area contributed by atoms with Crippen molar-refractivity contribution in [2.75, 3.05) is 26.8 Å². The molecule has 0 aromatic heterocycles. The van der Waals surface area contributed by atoms with E-state index in [4.69, 9.17) is 10.5 Å². The second-order valence-electron chi connectivity index (χ2n) is 3.72. The first-order valence-electron chi connectivity index (χ1n) is 5.10. The van der Waals surface area contributed by atoms with Crippen LogP contribution in [0.15, 0.2) is 0 Å². The molecule has 4 heteroatoms. The molecule has 0 heterocycles. The minimum Gasteiger partial charge on any atom is -0.385 e. The Morgan fingerprint density at radius 3 is 2.57 bits per heavy atom. The summed E-state index contributed by atoms with van der Waals surface area (Å²) in [6, 6.07) is 0. The van der Waals surface area contributed by atoms with Crippen molar-refractivity contribution < 1.29 is 9.53 Å². The molecule has 0 fully saturated rings.